The van der Waals surface area contributed by atoms with E-state index in [9.17, 15) is 17.6 Å². The highest BCUT2D eigenvalue weighted by atomic mass is 32.1. The lowest BCUT2D eigenvalue weighted by molar-refractivity contribution is -0.137. The predicted octanol–water partition coefficient (Wildman–Crippen LogP) is 4.57. The van der Waals surface area contributed by atoms with E-state index in [1.54, 1.807) is 0 Å². The maximum Gasteiger partial charge on any atom is 0.417 e. The summed E-state index contributed by atoms with van der Waals surface area (Å²) in [6.45, 7) is 0. The van der Waals surface area contributed by atoms with Crippen molar-refractivity contribution in [2.24, 2.45) is 0 Å². The first-order chi connectivity index (χ1) is 8.39. The molecule has 0 unspecified atom stereocenters. The zero-order valence-corrected chi connectivity index (χ0v) is 9.70. The zero-order chi connectivity index (χ0) is 13.3. The molecule has 0 amide bonds. The molecule has 0 aliphatic carbocycles. The first kappa shape index (κ1) is 12.8. The fraction of sp³-hybridized carbons (Fsp3) is 0.0833. The summed E-state index contributed by atoms with van der Waals surface area (Å²) in [5, 5.41) is 0. The fourth-order valence-electron chi connectivity index (χ4n) is 1.53. The van der Waals surface area contributed by atoms with Gasteiger partial charge in [-0.15, -0.1) is 0 Å². The number of halogens is 4. The predicted molar refractivity (Wildman–Crippen MR) is 62.0 cm³/mol. The molecule has 0 radical (unpaired) electrons. The summed E-state index contributed by atoms with van der Waals surface area (Å²) in [4.78, 5) is 2.33. The van der Waals surface area contributed by atoms with E-state index in [-0.39, 0.29) is 15.8 Å². The number of benzene rings is 1. The molecule has 0 bridgehead atoms. The van der Waals surface area contributed by atoms with Gasteiger partial charge in [0.15, 0.2) is 0 Å². The molecule has 0 atom stereocenters. The normalized spacial score (nSPS) is 11.6. The Labute approximate surface area is 105 Å². The Morgan fingerprint density at radius 1 is 1.06 bits per heavy atom. The highest BCUT2D eigenvalue weighted by molar-refractivity contribution is 7.71. The first-order valence-corrected chi connectivity index (χ1v) is 5.35. The summed E-state index contributed by atoms with van der Waals surface area (Å²) in [6.07, 6.45) is -3.73. The second kappa shape index (κ2) is 4.53. The van der Waals surface area contributed by atoms with E-state index in [1.807, 2.05) is 0 Å². The molecule has 1 aromatic heterocycles. The van der Waals surface area contributed by atoms with Gasteiger partial charge in [0.2, 0.25) is 0 Å². The number of pyridine rings is 1. The van der Waals surface area contributed by atoms with Crippen molar-refractivity contribution in [1.29, 1.82) is 0 Å². The van der Waals surface area contributed by atoms with Crippen LogP contribution in [0.5, 0.6) is 0 Å². The Hall–Kier alpha value is -1.69. The molecule has 0 saturated heterocycles. The van der Waals surface area contributed by atoms with Crippen molar-refractivity contribution >= 4 is 12.2 Å². The van der Waals surface area contributed by atoms with Gasteiger partial charge in [0.25, 0.3) is 0 Å². The van der Waals surface area contributed by atoms with Gasteiger partial charge >= 0.3 is 6.18 Å². The molecule has 1 aromatic carbocycles. The SMILES string of the molecule is Fc1ccccc1-c1cc(C(F)(F)F)c[nH]c1=S. The third-order valence-electron chi connectivity index (χ3n) is 2.39. The van der Waals surface area contributed by atoms with Crippen molar-refractivity contribution in [2.45, 2.75) is 6.18 Å². The summed E-state index contributed by atoms with van der Waals surface area (Å²) in [7, 11) is 0. The Morgan fingerprint density at radius 3 is 2.33 bits per heavy atom. The summed E-state index contributed by atoms with van der Waals surface area (Å²) in [5.74, 6) is -0.615. The lowest BCUT2D eigenvalue weighted by Gasteiger charge is -2.09. The van der Waals surface area contributed by atoms with Gasteiger partial charge in [0.05, 0.1) is 5.56 Å². The van der Waals surface area contributed by atoms with E-state index in [1.165, 1.54) is 24.3 Å². The van der Waals surface area contributed by atoms with Crippen LogP contribution >= 0.6 is 12.2 Å². The quantitative estimate of drug-likeness (QED) is 0.594. The molecule has 0 aliphatic heterocycles. The smallest absolute Gasteiger partial charge is 0.352 e. The van der Waals surface area contributed by atoms with Crippen molar-refractivity contribution in [3.8, 4) is 11.1 Å². The van der Waals surface area contributed by atoms with Crippen LogP contribution in [0.2, 0.25) is 0 Å². The molecule has 0 aliphatic rings. The molecular formula is C12H7F4NS. The van der Waals surface area contributed by atoms with Gasteiger partial charge < -0.3 is 4.98 Å². The maximum absolute atomic E-state index is 13.5. The van der Waals surface area contributed by atoms with Crippen LogP contribution in [-0.4, -0.2) is 4.98 Å². The summed E-state index contributed by atoms with van der Waals surface area (Å²) >= 11 is 4.89. The zero-order valence-electron chi connectivity index (χ0n) is 8.88. The maximum atomic E-state index is 13.5. The van der Waals surface area contributed by atoms with Gasteiger partial charge in [-0.2, -0.15) is 13.2 Å². The van der Waals surface area contributed by atoms with Crippen LogP contribution in [0.3, 0.4) is 0 Å². The number of alkyl halides is 3. The highest BCUT2D eigenvalue weighted by Crippen LogP contribution is 2.32. The van der Waals surface area contributed by atoms with Crippen molar-refractivity contribution in [3.63, 3.8) is 0 Å². The number of hydrogen-bond donors (Lipinski definition) is 1. The molecule has 0 spiro atoms. The standard InChI is InChI=1S/C12H7F4NS/c13-10-4-2-1-3-8(10)9-5-7(12(14,15)16)6-17-11(9)18/h1-6H,(H,17,18). The van der Waals surface area contributed by atoms with Crippen LogP contribution in [0.1, 0.15) is 5.56 Å². The molecule has 1 N–H and O–H groups in total. The lowest BCUT2D eigenvalue weighted by Crippen LogP contribution is -2.06. The number of aromatic amines is 1. The van der Waals surface area contributed by atoms with Gasteiger partial charge in [-0.1, -0.05) is 30.4 Å². The van der Waals surface area contributed by atoms with Crippen LogP contribution in [0.15, 0.2) is 36.5 Å². The molecule has 2 rings (SSSR count). The minimum Gasteiger partial charge on any atom is -0.352 e. The Balaban J connectivity index is 2.65. The molecule has 0 saturated carbocycles. The van der Waals surface area contributed by atoms with E-state index in [0.717, 1.165) is 12.3 Å². The molecule has 18 heavy (non-hydrogen) atoms. The fourth-order valence-corrected chi connectivity index (χ4v) is 1.75. The largest absolute Gasteiger partial charge is 0.417 e. The topological polar surface area (TPSA) is 15.8 Å². The van der Waals surface area contributed by atoms with E-state index < -0.39 is 17.6 Å². The number of aromatic nitrogens is 1. The van der Waals surface area contributed by atoms with Gasteiger partial charge in [0.1, 0.15) is 10.5 Å². The molecule has 2 aromatic rings. The monoisotopic (exact) mass is 273 g/mol. The first-order valence-electron chi connectivity index (χ1n) is 4.94. The number of nitrogens with one attached hydrogen (secondary N) is 1. The van der Waals surface area contributed by atoms with Crippen LogP contribution in [0.4, 0.5) is 17.6 Å². The molecule has 94 valence electrons. The highest BCUT2D eigenvalue weighted by Gasteiger charge is 2.31. The summed E-state index contributed by atoms with van der Waals surface area (Å²) < 4.78 is 51.3. The third kappa shape index (κ3) is 2.43. The van der Waals surface area contributed by atoms with Crippen molar-refractivity contribution in [3.05, 3.63) is 52.5 Å². The molecule has 1 heterocycles. The number of H-pyrrole nitrogens is 1. The number of rotatable bonds is 1. The van der Waals surface area contributed by atoms with Gasteiger partial charge in [-0.3, -0.25) is 0 Å². The Kier molecular flexibility index (Phi) is 3.21. The number of hydrogen-bond acceptors (Lipinski definition) is 1. The van der Waals surface area contributed by atoms with Crippen LogP contribution in [0.25, 0.3) is 11.1 Å². The summed E-state index contributed by atoms with van der Waals surface area (Å²) in [6, 6.07) is 6.39. The van der Waals surface area contributed by atoms with Crippen molar-refractivity contribution < 1.29 is 17.6 Å². The minimum absolute atomic E-state index is 0.0259. The van der Waals surface area contributed by atoms with E-state index in [2.05, 4.69) is 4.98 Å². The van der Waals surface area contributed by atoms with Gasteiger partial charge in [-0.05, 0) is 12.1 Å². The average Bonchev–Trinajstić information content (AvgIpc) is 2.29. The molecule has 6 heteroatoms. The van der Waals surface area contributed by atoms with Gasteiger partial charge in [0, 0.05) is 17.3 Å². The second-order valence-electron chi connectivity index (χ2n) is 3.61. The lowest BCUT2D eigenvalue weighted by atomic mass is 10.1. The van der Waals surface area contributed by atoms with Crippen molar-refractivity contribution in [1.82, 2.24) is 4.98 Å². The Morgan fingerprint density at radius 2 is 1.72 bits per heavy atom. The molecule has 1 nitrogen and oxygen atoms in total. The van der Waals surface area contributed by atoms with E-state index in [0.29, 0.717) is 0 Å². The van der Waals surface area contributed by atoms with Crippen molar-refractivity contribution in [2.75, 3.05) is 0 Å². The van der Waals surface area contributed by atoms with E-state index in [4.69, 9.17) is 12.2 Å². The third-order valence-corrected chi connectivity index (χ3v) is 2.73. The average molecular weight is 273 g/mol. The van der Waals surface area contributed by atoms with Crippen LogP contribution in [0, 0.1) is 10.5 Å². The van der Waals surface area contributed by atoms with Crippen LogP contribution in [-0.2, 0) is 6.18 Å². The van der Waals surface area contributed by atoms with Crippen LogP contribution < -0.4 is 0 Å². The Bertz CT molecular complexity index is 630. The van der Waals surface area contributed by atoms with E-state index >= 15 is 0 Å². The van der Waals surface area contributed by atoms with Gasteiger partial charge in [-0.25, -0.2) is 4.39 Å². The minimum atomic E-state index is -4.50. The molecular weight excluding hydrogens is 266 g/mol. The molecule has 0 fully saturated rings. The summed E-state index contributed by atoms with van der Waals surface area (Å²) in [5.41, 5.74) is -0.822. The second-order valence-corrected chi connectivity index (χ2v) is 4.02.